The van der Waals surface area contributed by atoms with E-state index in [-0.39, 0.29) is 12.5 Å². The standard InChI is InChI=1S/C19H17NO4/c1-12-3-8-17-16(9-12)14(10-18(21)24-17)11-20-19(22)13-4-6-15(23-2)7-5-13/h3-10H,11H2,1-2H3,(H,20,22). The Labute approximate surface area is 138 Å². The van der Waals surface area contributed by atoms with Crippen molar-refractivity contribution in [2.45, 2.75) is 13.5 Å². The van der Waals surface area contributed by atoms with Gasteiger partial charge in [0.1, 0.15) is 11.3 Å². The van der Waals surface area contributed by atoms with Gasteiger partial charge in [-0.2, -0.15) is 0 Å². The molecule has 0 aliphatic carbocycles. The number of carbonyl (C=O) groups is 1. The van der Waals surface area contributed by atoms with Crippen LogP contribution in [0.15, 0.2) is 57.7 Å². The molecule has 1 N–H and O–H groups in total. The van der Waals surface area contributed by atoms with E-state index in [4.69, 9.17) is 9.15 Å². The highest BCUT2D eigenvalue weighted by molar-refractivity contribution is 5.94. The summed E-state index contributed by atoms with van der Waals surface area (Å²) in [5.74, 6) is 0.473. The topological polar surface area (TPSA) is 68.5 Å². The Bertz CT molecular complexity index is 942. The Kier molecular flexibility index (Phi) is 4.33. The molecule has 0 fully saturated rings. The fourth-order valence-electron chi connectivity index (χ4n) is 2.51. The summed E-state index contributed by atoms with van der Waals surface area (Å²) in [6, 6.07) is 13.8. The summed E-state index contributed by atoms with van der Waals surface area (Å²) in [4.78, 5) is 23.9. The van der Waals surface area contributed by atoms with Gasteiger partial charge in [0.05, 0.1) is 7.11 Å². The first-order valence-corrected chi connectivity index (χ1v) is 7.52. The van der Waals surface area contributed by atoms with Gasteiger partial charge in [0.15, 0.2) is 0 Å². The monoisotopic (exact) mass is 323 g/mol. The third kappa shape index (κ3) is 3.30. The Morgan fingerprint density at radius 1 is 1.12 bits per heavy atom. The van der Waals surface area contributed by atoms with E-state index in [0.717, 1.165) is 16.5 Å². The van der Waals surface area contributed by atoms with E-state index in [9.17, 15) is 9.59 Å². The molecule has 0 saturated heterocycles. The van der Waals surface area contributed by atoms with E-state index < -0.39 is 5.63 Å². The predicted octanol–water partition coefficient (Wildman–Crippen LogP) is 3.04. The second-order valence-corrected chi connectivity index (χ2v) is 5.50. The van der Waals surface area contributed by atoms with Crippen molar-refractivity contribution in [3.05, 3.63) is 75.6 Å². The number of amides is 1. The lowest BCUT2D eigenvalue weighted by Crippen LogP contribution is -2.23. The van der Waals surface area contributed by atoms with Gasteiger partial charge >= 0.3 is 5.63 Å². The number of aryl methyl sites for hydroxylation is 1. The van der Waals surface area contributed by atoms with Crippen LogP contribution in [0, 0.1) is 6.92 Å². The minimum absolute atomic E-state index is 0.216. The molecule has 5 nitrogen and oxygen atoms in total. The number of methoxy groups -OCH3 is 1. The summed E-state index contributed by atoms with van der Waals surface area (Å²) in [5.41, 5.74) is 2.40. The number of nitrogens with one attached hydrogen (secondary N) is 1. The van der Waals surface area contributed by atoms with Crippen molar-refractivity contribution >= 4 is 16.9 Å². The summed E-state index contributed by atoms with van der Waals surface area (Å²) in [6.07, 6.45) is 0. The molecule has 0 bridgehead atoms. The normalized spacial score (nSPS) is 10.6. The van der Waals surface area contributed by atoms with Crippen LogP contribution < -0.4 is 15.7 Å². The number of rotatable bonds is 4. The first-order valence-electron chi connectivity index (χ1n) is 7.52. The van der Waals surface area contributed by atoms with E-state index >= 15 is 0 Å². The van der Waals surface area contributed by atoms with Crippen LogP contribution in [-0.2, 0) is 6.54 Å². The molecule has 1 aromatic heterocycles. The maximum absolute atomic E-state index is 12.3. The molecular formula is C19H17NO4. The average molecular weight is 323 g/mol. The van der Waals surface area contributed by atoms with Crippen LogP contribution in [0.5, 0.6) is 5.75 Å². The molecule has 0 aliphatic rings. The zero-order valence-electron chi connectivity index (χ0n) is 13.5. The second-order valence-electron chi connectivity index (χ2n) is 5.50. The Hall–Kier alpha value is -3.08. The number of benzene rings is 2. The van der Waals surface area contributed by atoms with Gasteiger partial charge in [-0.25, -0.2) is 4.79 Å². The van der Waals surface area contributed by atoms with Crippen LogP contribution in [-0.4, -0.2) is 13.0 Å². The third-order valence-corrected chi connectivity index (χ3v) is 3.78. The zero-order valence-corrected chi connectivity index (χ0v) is 13.5. The van der Waals surface area contributed by atoms with Crippen LogP contribution in [0.3, 0.4) is 0 Å². The second kappa shape index (κ2) is 6.58. The van der Waals surface area contributed by atoms with Crippen LogP contribution >= 0.6 is 0 Å². The van der Waals surface area contributed by atoms with Gasteiger partial charge in [0, 0.05) is 23.6 Å². The summed E-state index contributed by atoms with van der Waals surface area (Å²) in [6.45, 7) is 2.21. The molecule has 0 aliphatic heterocycles. The molecule has 1 amide bonds. The molecule has 0 unspecified atom stereocenters. The SMILES string of the molecule is COc1ccc(C(=O)NCc2cc(=O)oc3ccc(C)cc23)cc1. The number of fused-ring (bicyclic) bond motifs is 1. The van der Waals surface area contributed by atoms with Crippen LogP contribution in [0.4, 0.5) is 0 Å². The lowest BCUT2D eigenvalue weighted by atomic mass is 10.1. The molecule has 0 radical (unpaired) electrons. The number of ether oxygens (including phenoxy) is 1. The molecule has 3 rings (SSSR count). The average Bonchev–Trinajstić information content (AvgIpc) is 2.60. The van der Waals surface area contributed by atoms with Gasteiger partial charge in [0.2, 0.25) is 0 Å². The summed E-state index contributed by atoms with van der Waals surface area (Å²) < 4.78 is 10.3. The van der Waals surface area contributed by atoms with Gasteiger partial charge in [-0.15, -0.1) is 0 Å². The van der Waals surface area contributed by atoms with E-state index in [2.05, 4.69) is 5.32 Å². The molecule has 3 aromatic rings. The maximum atomic E-state index is 12.3. The Balaban J connectivity index is 1.83. The summed E-state index contributed by atoms with van der Waals surface area (Å²) in [7, 11) is 1.57. The highest BCUT2D eigenvalue weighted by atomic mass is 16.5. The van der Waals surface area contributed by atoms with Crippen molar-refractivity contribution in [3.8, 4) is 5.75 Å². The van der Waals surface area contributed by atoms with Crippen molar-refractivity contribution < 1.29 is 13.9 Å². The molecule has 122 valence electrons. The smallest absolute Gasteiger partial charge is 0.336 e. The first kappa shape index (κ1) is 15.8. The molecule has 24 heavy (non-hydrogen) atoms. The summed E-state index contributed by atoms with van der Waals surface area (Å²) >= 11 is 0. The minimum atomic E-state index is -0.431. The minimum Gasteiger partial charge on any atom is -0.497 e. The van der Waals surface area contributed by atoms with Crippen molar-refractivity contribution in [1.29, 1.82) is 0 Å². The van der Waals surface area contributed by atoms with Crippen molar-refractivity contribution in [3.63, 3.8) is 0 Å². The van der Waals surface area contributed by atoms with E-state index in [1.165, 1.54) is 6.07 Å². The fraction of sp³-hybridized carbons (Fsp3) is 0.158. The molecule has 1 heterocycles. The molecule has 2 aromatic carbocycles. The Morgan fingerprint density at radius 2 is 1.88 bits per heavy atom. The van der Waals surface area contributed by atoms with Crippen LogP contribution in [0.1, 0.15) is 21.5 Å². The molecule has 0 spiro atoms. The highest BCUT2D eigenvalue weighted by Crippen LogP contribution is 2.19. The van der Waals surface area contributed by atoms with Crippen molar-refractivity contribution in [2.24, 2.45) is 0 Å². The predicted molar refractivity (Wildman–Crippen MR) is 91.4 cm³/mol. The fourth-order valence-corrected chi connectivity index (χ4v) is 2.51. The molecule has 0 saturated carbocycles. The van der Waals surface area contributed by atoms with E-state index in [1.54, 1.807) is 37.4 Å². The maximum Gasteiger partial charge on any atom is 0.336 e. The van der Waals surface area contributed by atoms with Crippen LogP contribution in [0.25, 0.3) is 11.0 Å². The van der Waals surface area contributed by atoms with Crippen molar-refractivity contribution in [1.82, 2.24) is 5.32 Å². The van der Waals surface area contributed by atoms with Gasteiger partial charge in [-0.1, -0.05) is 11.6 Å². The summed E-state index contributed by atoms with van der Waals surface area (Å²) in [5, 5.41) is 3.65. The quantitative estimate of drug-likeness (QED) is 0.749. The molecule has 0 atom stereocenters. The number of hydrogen-bond acceptors (Lipinski definition) is 4. The number of carbonyl (C=O) groups excluding carboxylic acids is 1. The highest BCUT2D eigenvalue weighted by Gasteiger charge is 2.09. The lowest BCUT2D eigenvalue weighted by molar-refractivity contribution is 0.0951. The number of hydrogen-bond donors (Lipinski definition) is 1. The van der Waals surface area contributed by atoms with Gasteiger partial charge in [0.25, 0.3) is 5.91 Å². The van der Waals surface area contributed by atoms with Crippen LogP contribution in [0.2, 0.25) is 0 Å². The molecular weight excluding hydrogens is 306 g/mol. The Morgan fingerprint density at radius 3 is 2.58 bits per heavy atom. The first-order chi connectivity index (χ1) is 11.6. The van der Waals surface area contributed by atoms with Gasteiger partial charge in [-0.05, 0) is 48.9 Å². The lowest BCUT2D eigenvalue weighted by Gasteiger charge is -2.09. The van der Waals surface area contributed by atoms with E-state index in [0.29, 0.717) is 16.9 Å². The largest absolute Gasteiger partial charge is 0.497 e. The van der Waals surface area contributed by atoms with E-state index in [1.807, 2.05) is 19.1 Å². The van der Waals surface area contributed by atoms with Gasteiger partial charge in [-0.3, -0.25) is 4.79 Å². The van der Waals surface area contributed by atoms with Crippen molar-refractivity contribution in [2.75, 3.05) is 7.11 Å². The third-order valence-electron chi connectivity index (χ3n) is 3.78. The molecule has 5 heteroatoms. The van der Waals surface area contributed by atoms with Gasteiger partial charge < -0.3 is 14.5 Å². The zero-order chi connectivity index (χ0) is 17.1.